The molecule has 1 N–H and O–H groups in total. The smallest absolute Gasteiger partial charge is 0.332 e. The highest BCUT2D eigenvalue weighted by atomic mass is 16.5. The summed E-state index contributed by atoms with van der Waals surface area (Å²) < 4.78 is 9.39. The van der Waals surface area contributed by atoms with Gasteiger partial charge in [-0.2, -0.15) is 0 Å². The topological polar surface area (TPSA) is 137 Å². The standard InChI is InChI=1S/C23H25N7O5/c1-27-13-24-20-19(27)22(33)30(23(34)28(20)2)12-18(31)29(10-14-6-5-9-35-14)11-17-25-16-8-4-3-7-15(16)21(32)26-17/h3-4,7-8,13-14H,5-6,9-12H2,1-2H3,(H,25,26,32)/t14-/m1/s1. The molecule has 12 nitrogen and oxygen atoms in total. The molecule has 0 aliphatic carbocycles. The van der Waals surface area contributed by atoms with E-state index in [4.69, 9.17) is 4.74 Å². The summed E-state index contributed by atoms with van der Waals surface area (Å²) in [6.07, 6.45) is 2.94. The van der Waals surface area contributed by atoms with Crippen molar-refractivity contribution in [3.05, 3.63) is 67.6 Å². The van der Waals surface area contributed by atoms with Crippen LogP contribution in [0.15, 0.2) is 45.0 Å². The quantitative estimate of drug-likeness (QED) is 0.407. The van der Waals surface area contributed by atoms with Crippen molar-refractivity contribution >= 4 is 28.0 Å². The second-order valence-corrected chi connectivity index (χ2v) is 8.70. The summed E-state index contributed by atoms with van der Waals surface area (Å²) in [5.74, 6) is -0.153. The van der Waals surface area contributed by atoms with E-state index < -0.39 is 23.7 Å². The zero-order valence-electron chi connectivity index (χ0n) is 19.4. The van der Waals surface area contributed by atoms with Gasteiger partial charge in [0.05, 0.1) is 29.9 Å². The third-order valence-corrected chi connectivity index (χ3v) is 6.30. The average molecular weight is 479 g/mol. The van der Waals surface area contributed by atoms with Crippen LogP contribution in [-0.4, -0.2) is 58.7 Å². The fourth-order valence-electron chi connectivity index (χ4n) is 4.45. The van der Waals surface area contributed by atoms with Crippen molar-refractivity contribution in [1.82, 2.24) is 33.6 Å². The number of aromatic nitrogens is 6. The number of imidazole rings is 1. The van der Waals surface area contributed by atoms with E-state index in [1.807, 2.05) is 0 Å². The first-order valence-corrected chi connectivity index (χ1v) is 11.3. The Morgan fingerprint density at radius 1 is 1.23 bits per heavy atom. The maximum atomic E-state index is 13.4. The molecule has 4 aromatic rings. The van der Waals surface area contributed by atoms with E-state index in [-0.39, 0.29) is 35.9 Å². The number of aryl methyl sites for hydroxylation is 2. The number of nitrogens with zero attached hydrogens (tertiary/aromatic N) is 6. The van der Waals surface area contributed by atoms with E-state index in [2.05, 4.69) is 15.0 Å². The molecule has 5 rings (SSSR count). The summed E-state index contributed by atoms with van der Waals surface area (Å²) in [5.41, 5.74) is -0.537. The molecule has 1 aromatic carbocycles. The summed E-state index contributed by atoms with van der Waals surface area (Å²) in [4.78, 5) is 64.7. The lowest BCUT2D eigenvalue weighted by Gasteiger charge is -2.25. The van der Waals surface area contributed by atoms with E-state index in [9.17, 15) is 19.2 Å². The van der Waals surface area contributed by atoms with Gasteiger partial charge in [-0.15, -0.1) is 0 Å². The zero-order valence-corrected chi connectivity index (χ0v) is 19.4. The van der Waals surface area contributed by atoms with Crippen LogP contribution < -0.4 is 16.8 Å². The molecule has 1 aliphatic heterocycles. The van der Waals surface area contributed by atoms with Crippen LogP contribution in [0.1, 0.15) is 18.7 Å². The molecule has 1 atom stereocenters. The molecule has 35 heavy (non-hydrogen) atoms. The molecule has 12 heteroatoms. The van der Waals surface area contributed by atoms with Crippen LogP contribution in [0.2, 0.25) is 0 Å². The maximum Gasteiger partial charge on any atom is 0.332 e. The van der Waals surface area contributed by atoms with Gasteiger partial charge in [-0.3, -0.25) is 19.0 Å². The molecular weight excluding hydrogens is 454 g/mol. The Balaban J connectivity index is 1.50. The molecule has 1 aliphatic rings. The summed E-state index contributed by atoms with van der Waals surface area (Å²) in [7, 11) is 3.16. The monoisotopic (exact) mass is 479 g/mol. The van der Waals surface area contributed by atoms with Gasteiger partial charge in [0, 0.05) is 27.2 Å². The fraction of sp³-hybridized carbons (Fsp3) is 0.391. The number of aromatic amines is 1. The molecule has 1 saturated heterocycles. The SMILES string of the molecule is Cn1cnc2c1c(=O)n(CC(=O)N(Cc1nc3ccccc3c(=O)[nH]1)C[C@H]1CCCO1)c(=O)n2C. The van der Waals surface area contributed by atoms with Crippen molar-refractivity contribution in [1.29, 1.82) is 0 Å². The minimum Gasteiger partial charge on any atom is -0.376 e. The van der Waals surface area contributed by atoms with Gasteiger partial charge >= 0.3 is 5.69 Å². The van der Waals surface area contributed by atoms with Crippen LogP contribution >= 0.6 is 0 Å². The summed E-state index contributed by atoms with van der Waals surface area (Å²) in [6.45, 7) is 0.395. The maximum absolute atomic E-state index is 13.4. The van der Waals surface area contributed by atoms with Gasteiger partial charge in [-0.05, 0) is 25.0 Å². The number of carbonyl (C=O) groups is 1. The largest absolute Gasteiger partial charge is 0.376 e. The number of hydrogen-bond acceptors (Lipinski definition) is 7. The highest BCUT2D eigenvalue weighted by Gasteiger charge is 2.25. The molecule has 3 aromatic heterocycles. The van der Waals surface area contributed by atoms with Gasteiger partial charge in [0.25, 0.3) is 11.1 Å². The molecule has 1 amide bonds. The second-order valence-electron chi connectivity index (χ2n) is 8.70. The number of nitrogens with one attached hydrogen (secondary N) is 1. The van der Waals surface area contributed by atoms with E-state index >= 15 is 0 Å². The molecule has 4 heterocycles. The van der Waals surface area contributed by atoms with Gasteiger partial charge in [0.2, 0.25) is 5.91 Å². The number of H-pyrrole nitrogens is 1. The Kier molecular flexibility index (Phi) is 5.81. The third-order valence-electron chi connectivity index (χ3n) is 6.30. The molecule has 182 valence electrons. The molecule has 1 fully saturated rings. The van der Waals surface area contributed by atoms with Gasteiger partial charge in [0.15, 0.2) is 11.2 Å². The van der Waals surface area contributed by atoms with Crippen molar-refractivity contribution in [3.63, 3.8) is 0 Å². The van der Waals surface area contributed by atoms with E-state index in [0.717, 1.165) is 17.4 Å². The minimum atomic E-state index is -0.635. The van der Waals surface area contributed by atoms with E-state index in [1.165, 1.54) is 27.4 Å². The fourth-order valence-corrected chi connectivity index (χ4v) is 4.45. The average Bonchev–Trinajstić information content (AvgIpc) is 3.49. The van der Waals surface area contributed by atoms with Crippen LogP contribution in [0, 0.1) is 0 Å². The molecular formula is C23H25N7O5. The number of benzene rings is 1. The first-order chi connectivity index (χ1) is 16.8. The van der Waals surface area contributed by atoms with Crippen LogP contribution in [-0.2, 0) is 36.7 Å². The lowest BCUT2D eigenvalue weighted by molar-refractivity contribution is -0.134. The predicted molar refractivity (Wildman–Crippen MR) is 127 cm³/mol. The number of fused-ring (bicyclic) bond motifs is 2. The number of rotatable bonds is 6. The van der Waals surface area contributed by atoms with Crippen LogP contribution in [0.25, 0.3) is 22.1 Å². The third kappa shape index (κ3) is 4.16. The molecule has 0 radical (unpaired) electrons. The summed E-state index contributed by atoms with van der Waals surface area (Å²) >= 11 is 0. The normalized spacial score (nSPS) is 15.8. The Morgan fingerprint density at radius 2 is 2.03 bits per heavy atom. The van der Waals surface area contributed by atoms with Gasteiger partial charge in [0.1, 0.15) is 12.4 Å². The number of hydrogen-bond donors (Lipinski definition) is 1. The van der Waals surface area contributed by atoms with Crippen LogP contribution in [0.4, 0.5) is 0 Å². The van der Waals surface area contributed by atoms with Gasteiger partial charge in [-0.1, -0.05) is 12.1 Å². The first-order valence-electron chi connectivity index (χ1n) is 11.3. The number of amides is 1. The Morgan fingerprint density at radius 3 is 2.80 bits per heavy atom. The van der Waals surface area contributed by atoms with Crippen LogP contribution in [0.5, 0.6) is 0 Å². The predicted octanol–water partition coefficient (Wildman–Crippen LogP) is -0.122. The Bertz CT molecular complexity index is 1610. The Hall–Kier alpha value is -4.06. The number of ether oxygens (including phenoxy) is 1. The van der Waals surface area contributed by atoms with E-state index in [1.54, 1.807) is 31.3 Å². The van der Waals surface area contributed by atoms with Crippen molar-refractivity contribution in [2.75, 3.05) is 13.2 Å². The molecule has 0 spiro atoms. The molecule has 0 unspecified atom stereocenters. The zero-order chi connectivity index (χ0) is 24.7. The highest BCUT2D eigenvalue weighted by molar-refractivity contribution is 5.78. The van der Waals surface area contributed by atoms with Crippen molar-refractivity contribution in [2.45, 2.75) is 32.0 Å². The minimum absolute atomic E-state index is 0.00177. The number of para-hydroxylation sites is 1. The summed E-state index contributed by atoms with van der Waals surface area (Å²) in [5, 5.41) is 0.452. The van der Waals surface area contributed by atoms with Crippen molar-refractivity contribution < 1.29 is 9.53 Å². The van der Waals surface area contributed by atoms with Crippen molar-refractivity contribution in [3.8, 4) is 0 Å². The Labute approximate surface area is 198 Å². The van der Waals surface area contributed by atoms with Gasteiger partial charge < -0.3 is 19.2 Å². The lowest BCUT2D eigenvalue weighted by atomic mass is 10.2. The molecule has 0 saturated carbocycles. The molecule has 0 bridgehead atoms. The number of carbonyl (C=O) groups excluding carboxylic acids is 1. The highest BCUT2D eigenvalue weighted by Crippen LogP contribution is 2.15. The lowest BCUT2D eigenvalue weighted by Crippen LogP contribution is -2.46. The second kappa shape index (κ2) is 8.95. The first kappa shape index (κ1) is 22.7. The van der Waals surface area contributed by atoms with Crippen molar-refractivity contribution in [2.24, 2.45) is 14.1 Å². The van der Waals surface area contributed by atoms with Crippen LogP contribution in [0.3, 0.4) is 0 Å². The van der Waals surface area contributed by atoms with E-state index in [0.29, 0.717) is 23.3 Å². The van der Waals surface area contributed by atoms with Gasteiger partial charge in [-0.25, -0.2) is 19.3 Å². The summed E-state index contributed by atoms with van der Waals surface area (Å²) in [6, 6.07) is 6.94.